The lowest BCUT2D eigenvalue weighted by Gasteiger charge is -2.27. The smallest absolute Gasteiger partial charge is 0.255 e. The Labute approximate surface area is 144 Å². The average molecular weight is 337 g/mol. The maximum absolute atomic E-state index is 12.6. The SMILES string of the molecule is Cc1noc(C)c1CN1CCc2nc(-c3cccnc3)[nH]c(=O)c2C1. The third-order valence-electron chi connectivity index (χ3n) is 4.65. The number of pyridine rings is 1. The van der Waals surface area contributed by atoms with E-state index in [0.717, 1.165) is 53.3 Å². The minimum atomic E-state index is -0.0766. The van der Waals surface area contributed by atoms with Crippen LogP contribution in [0, 0.1) is 13.8 Å². The molecule has 0 atom stereocenters. The first kappa shape index (κ1) is 15.7. The topological polar surface area (TPSA) is 87.9 Å². The Morgan fingerprint density at radius 3 is 2.96 bits per heavy atom. The number of hydrogen-bond donors (Lipinski definition) is 1. The second kappa shape index (κ2) is 6.25. The summed E-state index contributed by atoms with van der Waals surface area (Å²) in [5.41, 5.74) is 4.36. The number of aromatic amines is 1. The van der Waals surface area contributed by atoms with Gasteiger partial charge in [0.15, 0.2) is 0 Å². The lowest BCUT2D eigenvalue weighted by Crippen LogP contribution is -2.35. The van der Waals surface area contributed by atoms with Crippen LogP contribution in [-0.4, -0.2) is 31.6 Å². The van der Waals surface area contributed by atoms with Crippen molar-refractivity contribution in [3.63, 3.8) is 0 Å². The van der Waals surface area contributed by atoms with Crippen molar-refractivity contribution in [2.24, 2.45) is 0 Å². The van der Waals surface area contributed by atoms with Crippen LogP contribution in [0.3, 0.4) is 0 Å². The van der Waals surface area contributed by atoms with Crippen LogP contribution in [0.25, 0.3) is 11.4 Å². The maximum Gasteiger partial charge on any atom is 0.255 e. The van der Waals surface area contributed by atoms with E-state index in [9.17, 15) is 4.79 Å². The summed E-state index contributed by atoms with van der Waals surface area (Å²) >= 11 is 0. The Morgan fingerprint density at radius 1 is 1.36 bits per heavy atom. The third kappa shape index (κ3) is 2.98. The molecule has 0 amide bonds. The highest BCUT2D eigenvalue weighted by molar-refractivity contribution is 5.53. The summed E-state index contributed by atoms with van der Waals surface area (Å²) in [6.07, 6.45) is 4.15. The number of aryl methyl sites for hydroxylation is 2. The van der Waals surface area contributed by atoms with Gasteiger partial charge in [-0.1, -0.05) is 5.16 Å². The fraction of sp³-hybridized carbons (Fsp3) is 0.333. The fourth-order valence-electron chi connectivity index (χ4n) is 3.21. The monoisotopic (exact) mass is 337 g/mol. The first-order chi connectivity index (χ1) is 12.1. The van der Waals surface area contributed by atoms with Gasteiger partial charge in [0.2, 0.25) is 0 Å². The predicted octanol–water partition coefficient (Wildman–Crippen LogP) is 2.00. The quantitative estimate of drug-likeness (QED) is 0.786. The molecule has 1 aliphatic rings. The molecule has 0 spiro atoms. The van der Waals surface area contributed by atoms with E-state index in [4.69, 9.17) is 4.52 Å². The molecule has 0 saturated heterocycles. The van der Waals surface area contributed by atoms with E-state index in [-0.39, 0.29) is 5.56 Å². The molecule has 0 fully saturated rings. The van der Waals surface area contributed by atoms with Gasteiger partial charge in [0.05, 0.1) is 17.0 Å². The highest BCUT2D eigenvalue weighted by atomic mass is 16.5. The molecule has 7 heteroatoms. The van der Waals surface area contributed by atoms with Gasteiger partial charge in [0.1, 0.15) is 11.6 Å². The number of fused-ring (bicyclic) bond motifs is 1. The van der Waals surface area contributed by atoms with Crippen LogP contribution in [0.5, 0.6) is 0 Å². The molecular weight excluding hydrogens is 318 g/mol. The molecule has 0 bridgehead atoms. The van der Waals surface area contributed by atoms with Crippen LogP contribution < -0.4 is 5.56 Å². The number of aromatic nitrogens is 4. The maximum atomic E-state index is 12.6. The van der Waals surface area contributed by atoms with Crippen LogP contribution in [0.2, 0.25) is 0 Å². The Hall–Kier alpha value is -2.80. The molecule has 128 valence electrons. The van der Waals surface area contributed by atoms with Gasteiger partial charge in [0, 0.05) is 49.6 Å². The van der Waals surface area contributed by atoms with Crippen molar-refractivity contribution in [2.45, 2.75) is 33.4 Å². The molecule has 25 heavy (non-hydrogen) atoms. The van der Waals surface area contributed by atoms with Crippen molar-refractivity contribution in [2.75, 3.05) is 6.54 Å². The molecule has 0 radical (unpaired) electrons. The first-order valence-electron chi connectivity index (χ1n) is 8.28. The van der Waals surface area contributed by atoms with Crippen molar-refractivity contribution in [3.8, 4) is 11.4 Å². The summed E-state index contributed by atoms with van der Waals surface area (Å²) in [5, 5.41) is 4.00. The van der Waals surface area contributed by atoms with E-state index < -0.39 is 0 Å². The van der Waals surface area contributed by atoms with Crippen molar-refractivity contribution < 1.29 is 4.52 Å². The lowest BCUT2D eigenvalue weighted by atomic mass is 10.1. The molecule has 3 aromatic heterocycles. The Kier molecular flexibility index (Phi) is 3.93. The van der Waals surface area contributed by atoms with Crippen molar-refractivity contribution >= 4 is 0 Å². The van der Waals surface area contributed by atoms with Gasteiger partial charge in [-0.15, -0.1) is 0 Å². The minimum absolute atomic E-state index is 0.0766. The van der Waals surface area contributed by atoms with Crippen LogP contribution in [0.4, 0.5) is 0 Å². The highest BCUT2D eigenvalue weighted by Gasteiger charge is 2.23. The summed E-state index contributed by atoms with van der Waals surface area (Å²) < 4.78 is 5.23. The number of H-pyrrole nitrogens is 1. The van der Waals surface area contributed by atoms with Crippen LogP contribution in [0.15, 0.2) is 33.8 Å². The zero-order valence-electron chi connectivity index (χ0n) is 14.2. The minimum Gasteiger partial charge on any atom is -0.361 e. The van der Waals surface area contributed by atoms with Gasteiger partial charge in [0.25, 0.3) is 5.56 Å². The van der Waals surface area contributed by atoms with E-state index in [1.165, 1.54) is 0 Å². The second-order valence-electron chi connectivity index (χ2n) is 6.34. The van der Waals surface area contributed by atoms with E-state index in [1.807, 2.05) is 26.0 Å². The van der Waals surface area contributed by atoms with Gasteiger partial charge >= 0.3 is 0 Å². The number of nitrogens with zero attached hydrogens (tertiary/aromatic N) is 4. The molecule has 0 saturated carbocycles. The summed E-state index contributed by atoms with van der Waals surface area (Å²) in [6, 6.07) is 3.73. The highest BCUT2D eigenvalue weighted by Crippen LogP contribution is 2.21. The van der Waals surface area contributed by atoms with Gasteiger partial charge in [-0.05, 0) is 26.0 Å². The van der Waals surface area contributed by atoms with E-state index in [2.05, 4.69) is 25.0 Å². The predicted molar refractivity (Wildman–Crippen MR) is 91.9 cm³/mol. The molecule has 4 heterocycles. The van der Waals surface area contributed by atoms with Gasteiger partial charge in [-0.3, -0.25) is 14.7 Å². The van der Waals surface area contributed by atoms with Gasteiger partial charge < -0.3 is 9.51 Å². The summed E-state index contributed by atoms with van der Waals surface area (Å²) in [6.45, 7) is 6.01. The Balaban J connectivity index is 1.61. The molecule has 1 N–H and O–H groups in total. The zero-order chi connectivity index (χ0) is 17.4. The number of hydrogen-bond acceptors (Lipinski definition) is 6. The number of rotatable bonds is 3. The largest absolute Gasteiger partial charge is 0.361 e. The molecule has 0 aliphatic carbocycles. The molecule has 1 aliphatic heterocycles. The molecule has 4 rings (SSSR count). The van der Waals surface area contributed by atoms with Crippen LogP contribution >= 0.6 is 0 Å². The summed E-state index contributed by atoms with van der Waals surface area (Å²) in [7, 11) is 0. The van der Waals surface area contributed by atoms with Crippen LogP contribution in [0.1, 0.15) is 28.3 Å². The zero-order valence-corrected chi connectivity index (χ0v) is 14.2. The van der Waals surface area contributed by atoms with Gasteiger partial charge in [-0.2, -0.15) is 0 Å². The molecule has 3 aromatic rings. The molecular formula is C18H19N5O2. The molecule has 0 unspecified atom stereocenters. The average Bonchev–Trinajstić information content (AvgIpc) is 2.95. The fourth-order valence-corrected chi connectivity index (χ4v) is 3.21. The van der Waals surface area contributed by atoms with Gasteiger partial charge in [-0.25, -0.2) is 4.98 Å². The van der Waals surface area contributed by atoms with Crippen LogP contribution in [-0.2, 0) is 19.5 Å². The standard InChI is InChI=1S/C18H19N5O2/c1-11-14(12(2)25-22-11)9-23-7-5-16-15(10-23)18(24)21-17(20-16)13-4-3-6-19-8-13/h3-4,6,8H,5,7,9-10H2,1-2H3,(H,20,21,24). The molecule has 0 aromatic carbocycles. The third-order valence-corrected chi connectivity index (χ3v) is 4.65. The van der Waals surface area contributed by atoms with Crippen molar-refractivity contribution in [1.82, 2.24) is 25.0 Å². The second-order valence-corrected chi connectivity index (χ2v) is 6.34. The van der Waals surface area contributed by atoms with E-state index >= 15 is 0 Å². The summed E-state index contributed by atoms with van der Waals surface area (Å²) in [4.78, 5) is 26.4. The van der Waals surface area contributed by atoms with Crippen molar-refractivity contribution in [3.05, 3.63) is 63.2 Å². The normalized spacial score (nSPS) is 14.5. The van der Waals surface area contributed by atoms with E-state index in [0.29, 0.717) is 12.4 Å². The van der Waals surface area contributed by atoms with E-state index in [1.54, 1.807) is 12.4 Å². The Bertz CT molecular complexity index is 942. The van der Waals surface area contributed by atoms with Crippen molar-refractivity contribution in [1.29, 1.82) is 0 Å². The Morgan fingerprint density at radius 2 is 2.24 bits per heavy atom. The number of nitrogens with one attached hydrogen (secondary N) is 1. The lowest BCUT2D eigenvalue weighted by molar-refractivity contribution is 0.240. The summed E-state index contributed by atoms with van der Waals surface area (Å²) in [5.74, 6) is 1.42. The molecule has 7 nitrogen and oxygen atoms in total. The first-order valence-corrected chi connectivity index (χ1v) is 8.28.